The van der Waals surface area contributed by atoms with Gasteiger partial charge in [0.15, 0.2) is 0 Å². The smallest absolute Gasteiger partial charge is 0.404 e. The van der Waals surface area contributed by atoms with Crippen molar-refractivity contribution < 1.29 is 27.6 Å². The zero-order valence-electron chi connectivity index (χ0n) is 11.7. The minimum absolute atomic E-state index is 0.0166. The van der Waals surface area contributed by atoms with Crippen LogP contribution in [0.2, 0.25) is 0 Å². The maximum atomic E-state index is 13.1. The van der Waals surface area contributed by atoms with Crippen LogP contribution in [0.25, 0.3) is 0 Å². The lowest BCUT2D eigenvalue weighted by atomic mass is 9.94. The molecule has 23 heavy (non-hydrogen) atoms. The number of hydrogen-bond acceptors (Lipinski definition) is 6. The summed E-state index contributed by atoms with van der Waals surface area (Å²) >= 11 is 0. The lowest BCUT2D eigenvalue weighted by Gasteiger charge is -2.38. The molecule has 2 rings (SSSR count). The molecule has 1 saturated heterocycles. The van der Waals surface area contributed by atoms with Gasteiger partial charge in [-0.05, 0) is 12.5 Å². The van der Waals surface area contributed by atoms with Crippen LogP contribution >= 0.6 is 0 Å². The summed E-state index contributed by atoms with van der Waals surface area (Å²) < 4.78 is 43.8. The Balaban J connectivity index is 2.33. The molecule has 0 aliphatic carbocycles. The van der Waals surface area contributed by atoms with E-state index < -0.39 is 47.9 Å². The minimum atomic E-state index is -4.53. The second-order valence-electron chi connectivity index (χ2n) is 5.06. The third kappa shape index (κ3) is 3.99. The van der Waals surface area contributed by atoms with Gasteiger partial charge in [-0.15, -0.1) is 0 Å². The predicted molar refractivity (Wildman–Crippen MR) is 71.7 cm³/mol. The third-order valence-corrected chi connectivity index (χ3v) is 3.47. The molecule has 1 aliphatic rings. The summed E-state index contributed by atoms with van der Waals surface area (Å²) in [5.41, 5.74) is 4.42. The van der Waals surface area contributed by atoms with E-state index in [0.717, 1.165) is 11.1 Å². The van der Waals surface area contributed by atoms with Crippen LogP contribution in [0.1, 0.15) is 6.42 Å². The highest BCUT2D eigenvalue weighted by Crippen LogP contribution is 2.37. The summed E-state index contributed by atoms with van der Waals surface area (Å²) in [5.74, 6) is -1.80. The first-order valence-electron chi connectivity index (χ1n) is 6.54. The Hall–Kier alpha value is -2.59. The molecule has 2 heterocycles. The zero-order valence-corrected chi connectivity index (χ0v) is 11.7. The normalized spacial score (nSPS) is 21.8. The van der Waals surface area contributed by atoms with Crippen LogP contribution in [0.4, 0.5) is 29.3 Å². The van der Waals surface area contributed by atoms with Crippen LogP contribution in [0.15, 0.2) is 18.5 Å². The number of nitro groups is 1. The van der Waals surface area contributed by atoms with Gasteiger partial charge in [0.2, 0.25) is 0 Å². The Morgan fingerprint density at radius 1 is 1.48 bits per heavy atom. The van der Waals surface area contributed by atoms with Gasteiger partial charge in [-0.1, -0.05) is 0 Å². The van der Waals surface area contributed by atoms with E-state index in [1.807, 2.05) is 0 Å². The van der Waals surface area contributed by atoms with Gasteiger partial charge in [0.05, 0.1) is 17.4 Å². The number of anilines is 1. The molecular formula is C12H13F3N4O4. The number of carbonyl (C=O) groups excluding carboxylic acids is 1. The summed E-state index contributed by atoms with van der Waals surface area (Å²) in [6, 6.07) is 1.25. The molecule has 126 valence electrons. The summed E-state index contributed by atoms with van der Waals surface area (Å²) in [5, 5.41) is 11.0. The van der Waals surface area contributed by atoms with E-state index in [2.05, 4.69) is 9.72 Å². The molecule has 8 nitrogen and oxygen atoms in total. The fourth-order valence-electron chi connectivity index (χ4n) is 2.52. The average Bonchev–Trinajstić information content (AvgIpc) is 2.45. The van der Waals surface area contributed by atoms with Gasteiger partial charge in [-0.25, -0.2) is 4.79 Å². The molecular weight excluding hydrogens is 321 g/mol. The van der Waals surface area contributed by atoms with Crippen molar-refractivity contribution in [1.82, 2.24) is 4.98 Å². The molecule has 0 bridgehead atoms. The molecule has 0 spiro atoms. The van der Waals surface area contributed by atoms with Gasteiger partial charge in [0.1, 0.15) is 18.0 Å². The van der Waals surface area contributed by atoms with Crippen LogP contribution in [-0.2, 0) is 4.74 Å². The molecule has 0 saturated carbocycles. The number of hydrogen-bond donors (Lipinski definition) is 1. The molecule has 1 fully saturated rings. The van der Waals surface area contributed by atoms with Crippen molar-refractivity contribution >= 4 is 17.5 Å². The van der Waals surface area contributed by atoms with Crippen molar-refractivity contribution in [3.05, 3.63) is 28.6 Å². The van der Waals surface area contributed by atoms with E-state index in [9.17, 15) is 28.1 Å². The number of nitrogens with two attached hydrogens (primary N) is 1. The van der Waals surface area contributed by atoms with Crippen molar-refractivity contribution in [3.8, 4) is 0 Å². The number of alkyl halides is 3. The molecule has 11 heteroatoms. The number of ether oxygens (including phenoxy) is 1. The number of nitrogens with zero attached hydrogens (tertiary/aromatic N) is 3. The van der Waals surface area contributed by atoms with Gasteiger partial charge in [0.25, 0.3) is 0 Å². The van der Waals surface area contributed by atoms with Crippen LogP contribution in [0.5, 0.6) is 0 Å². The molecule has 1 amide bonds. The van der Waals surface area contributed by atoms with Crippen molar-refractivity contribution in [2.45, 2.75) is 18.7 Å². The van der Waals surface area contributed by atoms with E-state index in [1.54, 1.807) is 0 Å². The molecule has 2 unspecified atom stereocenters. The summed E-state index contributed by atoms with van der Waals surface area (Å²) in [4.78, 5) is 25.9. The first-order chi connectivity index (χ1) is 10.7. The van der Waals surface area contributed by atoms with E-state index in [4.69, 9.17) is 5.73 Å². The SMILES string of the molecule is NC(=O)OC1CC(C(F)(F)F)CN(c2ccncc2[N+](=O)[O-])C1. The highest BCUT2D eigenvalue weighted by Gasteiger charge is 2.46. The van der Waals surface area contributed by atoms with E-state index >= 15 is 0 Å². The van der Waals surface area contributed by atoms with E-state index in [-0.39, 0.29) is 12.2 Å². The first-order valence-corrected chi connectivity index (χ1v) is 6.54. The standard InChI is InChI=1S/C12H13F3N4O4/c13-12(14,15)7-3-8(23-11(16)20)6-18(5-7)9-1-2-17-4-10(9)19(21)22/h1-2,4,7-8H,3,5-6H2,(H2,16,20). The first kappa shape index (κ1) is 16.8. The van der Waals surface area contributed by atoms with Crippen LogP contribution in [0.3, 0.4) is 0 Å². The van der Waals surface area contributed by atoms with E-state index in [0.29, 0.717) is 0 Å². The van der Waals surface area contributed by atoms with Crippen molar-refractivity contribution in [2.24, 2.45) is 11.7 Å². The number of halogens is 3. The molecule has 1 aromatic rings. The van der Waals surface area contributed by atoms with Gasteiger partial charge in [0, 0.05) is 12.7 Å². The van der Waals surface area contributed by atoms with Crippen LogP contribution < -0.4 is 10.6 Å². The Labute approximate surface area is 128 Å². The maximum Gasteiger partial charge on any atom is 0.404 e. The fourth-order valence-corrected chi connectivity index (χ4v) is 2.52. The zero-order chi connectivity index (χ0) is 17.2. The predicted octanol–water partition coefficient (Wildman–Crippen LogP) is 1.84. The quantitative estimate of drug-likeness (QED) is 0.667. The summed E-state index contributed by atoms with van der Waals surface area (Å²) in [6.45, 7) is -0.604. The Kier molecular flexibility index (Phi) is 4.57. The monoisotopic (exact) mass is 334 g/mol. The highest BCUT2D eigenvalue weighted by molar-refractivity contribution is 5.65. The number of amides is 1. The number of primary amides is 1. The van der Waals surface area contributed by atoms with Crippen LogP contribution in [0, 0.1) is 16.0 Å². The molecule has 0 radical (unpaired) electrons. The Morgan fingerprint density at radius 2 is 2.17 bits per heavy atom. The van der Waals surface area contributed by atoms with Gasteiger partial charge >= 0.3 is 18.0 Å². The Bertz CT molecular complexity index is 610. The van der Waals surface area contributed by atoms with Gasteiger partial charge < -0.3 is 15.4 Å². The molecule has 1 aromatic heterocycles. The maximum absolute atomic E-state index is 13.1. The Morgan fingerprint density at radius 3 is 2.74 bits per heavy atom. The highest BCUT2D eigenvalue weighted by atomic mass is 19.4. The second kappa shape index (κ2) is 6.26. The lowest BCUT2D eigenvalue weighted by Crippen LogP contribution is -2.49. The van der Waals surface area contributed by atoms with Crippen LogP contribution in [-0.4, -0.2) is 41.4 Å². The molecule has 2 atom stereocenters. The van der Waals surface area contributed by atoms with Crippen molar-refractivity contribution in [3.63, 3.8) is 0 Å². The van der Waals surface area contributed by atoms with Gasteiger partial charge in [-0.2, -0.15) is 13.2 Å². The lowest BCUT2D eigenvalue weighted by molar-refractivity contribution is -0.384. The third-order valence-electron chi connectivity index (χ3n) is 3.47. The topological polar surface area (TPSA) is 112 Å². The van der Waals surface area contributed by atoms with Gasteiger partial charge in [-0.3, -0.25) is 15.1 Å². The number of aromatic nitrogens is 1. The molecule has 2 N–H and O–H groups in total. The minimum Gasteiger partial charge on any atom is -0.444 e. The van der Waals surface area contributed by atoms with Crippen molar-refractivity contribution in [1.29, 1.82) is 0 Å². The average molecular weight is 334 g/mol. The number of pyridine rings is 1. The summed E-state index contributed by atoms with van der Waals surface area (Å²) in [6.07, 6.45) is -5.08. The molecule has 0 aromatic carbocycles. The molecule has 1 aliphatic heterocycles. The van der Waals surface area contributed by atoms with Crippen molar-refractivity contribution in [2.75, 3.05) is 18.0 Å². The number of carbonyl (C=O) groups is 1. The fraction of sp³-hybridized carbons (Fsp3) is 0.500. The largest absolute Gasteiger partial charge is 0.444 e. The number of rotatable bonds is 3. The number of piperidine rings is 1. The second-order valence-corrected chi connectivity index (χ2v) is 5.06. The van der Waals surface area contributed by atoms with E-state index in [1.165, 1.54) is 12.3 Å². The summed E-state index contributed by atoms with van der Waals surface area (Å²) in [7, 11) is 0.